The van der Waals surface area contributed by atoms with Gasteiger partial charge < -0.3 is 4.42 Å². The number of rotatable bonds is 6. The lowest BCUT2D eigenvalue weighted by Crippen LogP contribution is -2.00. The van der Waals surface area contributed by atoms with Crippen molar-refractivity contribution in [2.75, 3.05) is 0 Å². The van der Waals surface area contributed by atoms with Gasteiger partial charge in [-0.15, -0.1) is 0 Å². The second kappa shape index (κ2) is 13.5. The van der Waals surface area contributed by atoms with Crippen molar-refractivity contribution in [1.82, 2.24) is 19.9 Å². The van der Waals surface area contributed by atoms with Crippen LogP contribution in [0, 0.1) is 0 Å². The van der Waals surface area contributed by atoms with Gasteiger partial charge in [0, 0.05) is 27.6 Å². The Labute approximate surface area is 328 Å². The summed E-state index contributed by atoms with van der Waals surface area (Å²) in [6.07, 6.45) is 0. The van der Waals surface area contributed by atoms with Crippen molar-refractivity contribution in [2.24, 2.45) is 0 Å². The van der Waals surface area contributed by atoms with Gasteiger partial charge in [0.2, 0.25) is 5.89 Å². The van der Waals surface area contributed by atoms with Crippen LogP contribution in [0.3, 0.4) is 0 Å². The highest BCUT2D eigenvalue weighted by molar-refractivity contribution is 6.15. The van der Waals surface area contributed by atoms with Crippen molar-refractivity contribution >= 4 is 43.4 Å². The van der Waals surface area contributed by atoms with Crippen LogP contribution in [0.2, 0.25) is 0 Å². The fourth-order valence-electron chi connectivity index (χ4n) is 8.04. The number of hydrogen-bond donors (Lipinski definition) is 0. The average molecular weight is 729 g/mol. The van der Waals surface area contributed by atoms with Crippen LogP contribution in [0.15, 0.2) is 199 Å². The molecule has 57 heavy (non-hydrogen) atoms. The first kappa shape index (κ1) is 32.7. The molecule has 2 aromatic heterocycles. The van der Waals surface area contributed by atoms with Crippen LogP contribution in [0.5, 0.6) is 0 Å². The van der Waals surface area contributed by atoms with E-state index in [0.717, 1.165) is 71.6 Å². The average Bonchev–Trinajstić information content (AvgIpc) is 3.74. The van der Waals surface area contributed by atoms with Crippen molar-refractivity contribution in [3.63, 3.8) is 0 Å². The van der Waals surface area contributed by atoms with Crippen LogP contribution in [0.25, 0.3) is 111 Å². The van der Waals surface area contributed by atoms with Gasteiger partial charge in [0.05, 0.1) is 0 Å². The molecule has 0 aliphatic carbocycles. The molecular formula is C52H32N4O. The molecule has 5 heteroatoms. The third-order valence-electron chi connectivity index (χ3n) is 10.8. The minimum atomic E-state index is 0.608. The number of aromatic nitrogens is 4. The molecule has 0 aliphatic heterocycles. The van der Waals surface area contributed by atoms with Crippen LogP contribution in [0.1, 0.15) is 0 Å². The summed E-state index contributed by atoms with van der Waals surface area (Å²) in [5.41, 5.74) is 9.82. The first-order chi connectivity index (χ1) is 28.2. The van der Waals surface area contributed by atoms with E-state index in [1.54, 1.807) is 0 Å². The molecule has 2 heterocycles. The second-order valence-electron chi connectivity index (χ2n) is 14.2. The lowest BCUT2D eigenvalue weighted by Gasteiger charge is -2.14. The highest BCUT2D eigenvalue weighted by Crippen LogP contribution is 2.41. The van der Waals surface area contributed by atoms with Crippen molar-refractivity contribution < 1.29 is 4.42 Å². The Morgan fingerprint density at radius 1 is 0.298 bits per heavy atom. The SMILES string of the molecule is c1ccc(-c2nc(-c3ccc(-c4cccc5ccccc45)cc3)nc(-c3cccc4c(-c5cccc6ccc7nc(-c8ccccc8)oc7c56)cccc34)n2)cc1. The van der Waals surface area contributed by atoms with Gasteiger partial charge in [0.1, 0.15) is 5.52 Å². The smallest absolute Gasteiger partial charge is 0.227 e. The van der Waals surface area contributed by atoms with E-state index in [4.69, 9.17) is 24.4 Å². The van der Waals surface area contributed by atoms with Gasteiger partial charge in [-0.2, -0.15) is 0 Å². The predicted octanol–water partition coefficient (Wildman–Crippen LogP) is 13.5. The van der Waals surface area contributed by atoms with E-state index in [1.807, 2.05) is 66.7 Å². The van der Waals surface area contributed by atoms with E-state index in [0.29, 0.717) is 23.4 Å². The van der Waals surface area contributed by atoms with Gasteiger partial charge in [-0.05, 0) is 67.4 Å². The summed E-state index contributed by atoms with van der Waals surface area (Å²) in [6, 6.07) is 67.0. The predicted molar refractivity (Wildman–Crippen MR) is 233 cm³/mol. The summed E-state index contributed by atoms with van der Waals surface area (Å²) < 4.78 is 6.56. The van der Waals surface area contributed by atoms with E-state index >= 15 is 0 Å². The van der Waals surface area contributed by atoms with Gasteiger partial charge >= 0.3 is 0 Å². The number of oxazole rings is 1. The molecule has 0 aliphatic rings. The largest absolute Gasteiger partial charge is 0.435 e. The Morgan fingerprint density at radius 3 is 1.60 bits per heavy atom. The molecule has 9 aromatic carbocycles. The van der Waals surface area contributed by atoms with Crippen LogP contribution in [-0.4, -0.2) is 19.9 Å². The Hall–Kier alpha value is -7.76. The monoisotopic (exact) mass is 728 g/mol. The standard InChI is InChI=1S/C52H32N4O/c1-3-14-36(15-4-1)49-54-50(37-29-27-34(28-30-37)40-21-9-18-33-13-7-8-20-39(33)40)56-51(55-49)45-26-12-22-41-42(23-11-24-43(41)45)44-25-10-19-35-31-32-46-48(47(35)44)57-52(53-46)38-16-5-2-6-17-38/h1-32H. The lowest BCUT2D eigenvalue weighted by atomic mass is 9.92. The van der Waals surface area contributed by atoms with E-state index in [2.05, 4.69) is 127 Å². The number of benzene rings is 9. The Bertz CT molecular complexity index is 3280. The van der Waals surface area contributed by atoms with Crippen molar-refractivity contribution in [3.8, 4) is 67.9 Å². The number of nitrogens with zero attached hydrogens (tertiary/aromatic N) is 4. The molecule has 0 bridgehead atoms. The minimum Gasteiger partial charge on any atom is -0.435 e. The molecule has 0 unspecified atom stereocenters. The molecule has 0 saturated carbocycles. The van der Waals surface area contributed by atoms with Gasteiger partial charge in [-0.3, -0.25) is 0 Å². The normalized spacial score (nSPS) is 11.5. The maximum absolute atomic E-state index is 6.56. The maximum Gasteiger partial charge on any atom is 0.227 e. The second-order valence-corrected chi connectivity index (χ2v) is 14.2. The van der Waals surface area contributed by atoms with Gasteiger partial charge in [-0.1, -0.05) is 176 Å². The number of hydrogen-bond acceptors (Lipinski definition) is 5. The van der Waals surface area contributed by atoms with Gasteiger partial charge in [0.25, 0.3) is 0 Å². The fourth-order valence-corrected chi connectivity index (χ4v) is 8.04. The van der Waals surface area contributed by atoms with Crippen LogP contribution in [0.4, 0.5) is 0 Å². The van der Waals surface area contributed by atoms with Crippen LogP contribution in [-0.2, 0) is 0 Å². The summed E-state index contributed by atoms with van der Waals surface area (Å²) in [6.45, 7) is 0. The van der Waals surface area contributed by atoms with E-state index in [1.165, 1.54) is 16.3 Å². The highest BCUT2D eigenvalue weighted by atomic mass is 16.3. The Morgan fingerprint density at radius 2 is 0.825 bits per heavy atom. The summed E-state index contributed by atoms with van der Waals surface area (Å²) >= 11 is 0. The highest BCUT2D eigenvalue weighted by Gasteiger charge is 2.19. The topological polar surface area (TPSA) is 64.7 Å². The third-order valence-corrected chi connectivity index (χ3v) is 10.8. The molecule has 5 nitrogen and oxygen atoms in total. The first-order valence-corrected chi connectivity index (χ1v) is 19.1. The Balaban J connectivity index is 1.06. The van der Waals surface area contributed by atoms with E-state index in [9.17, 15) is 0 Å². The molecule has 11 aromatic rings. The molecule has 266 valence electrons. The zero-order chi connectivity index (χ0) is 37.7. The molecule has 0 radical (unpaired) electrons. The fraction of sp³-hybridized carbons (Fsp3) is 0. The summed E-state index contributed by atoms with van der Waals surface area (Å²) in [5, 5.41) is 6.70. The van der Waals surface area contributed by atoms with Crippen molar-refractivity contribution in [3.05, 3.63) is 194 Å². The van der Waals surface area contributed by atoms with E-state index in [-0.39, 0.29) is 0 Å². The quantitative estimate of drug-likeness (QED) is 0.171. The molecule has 0 saturated heterocycles. The van der Waals surface area contributed by atoms with Gasteiger partial charge in [0.15, 0.2) is 23.1 Å². The molecule has 0 atom stereocenters. The summed E-state index contributed by atoms with van der Waals surface area (Å²) in [5.74, 6) is 2.46. The van der Waals surface area contributed by atoms with Crippen LogP contribution < -0.4 is 0 Å². The van der Waals surface area contributed by atoms with Crippen molar-refractivity contribution in [2.45, 2.75) is 0 Å². The molecule has 0 spiro atoms. The third kappa shape index (κ3) is 5.72. The van der Waals surface area contributed by atoms with Crippen molar-refractivity contribution in [1.29, 1.82) is 0 Å². The molecule has 11 rings (SSSR count). The van der Waals surface area contributed by atoms with Crippen LogP contribution >= 0.6 is 0 Å². The molecule has 0 N–H and O–H groups in total. The maximum atomic E-state index is 6.56. The molecule has 0 amide bonds. The molecular weight excluding hydrogens is 697 g/mol. The number of fused-ring (bicyclic) bond motifs is 5. The lowest BCUT2D eigenvalue weighted by molar-refractivity contribution is 0.623. The minimum absolute atomic E-state index is 0.608. The van der Waals surface area contributed by atoms with E-state index < -0.39 is 0 Å². The zero-order valence-corrected chi connectivity index (χ0v) is 30.7. The first-order valence-electron chi connectivity index (χ1n) is 19.1. The Kier molecular flexibility index (Phi) is 7.74. The summed E-state index contributed by atoms with van der Waals surface area (Å²) in [4.78, 5) is 20.2. The zero-order valence-electron chi connectivity index (χ0n) is 30.7. The van der Waals surface area contributed by atoms with Gasteiger partial charge in [-0.25, -0.2) is 19.9 Å². The molecule has 0 fully saturated rings. The summed E-state index contributed by atoms with van der Waals surface area (Å²) in [7, 11) is 0.